The van der Waals surface area contributed by atoms with Gasteiger partial charge in [0.25, 0.3) is 0 Å². The van der Waals surface area contributed by atoms with Crippen LogP contribution in [0.4, 0.5) is 4.39 Å². The number of halogens is 2. The van der Waals surface area contributed by atoms with Crippen molar-refractivity contribution in [3.05, 3.63) is 34.6 Å². The minimum Gasteiger partial charge on any atom is -0.351 e. The minimum atomic E-state index is -0.457. The van der Waals surface area contributed by atoms with E-state index in [1.54, 1.807) is 6.07 Å². The van der Waals surface area contributed by atoms with Crippen LogP contribution in [0.15, 0.2) is 18.2 Å². The monoisotopic (exact) mass is 272 g/mol. The highest BCUT2D eigenvalue weighted by Gasteiger charge is 2.11. The summed E-state index contributed by atoms with van der Waals surface area (Å²) in [4.78, 5) is 11.5. The Kier molecular flexibility index (Phi) is 5.11. The fourth-order valence-electron chi connectivity index (χ4n) is 1.26. The molecule has 18 heavy (non-hydrogen) atoms. The highest BCUT2D eigenvalue weighted by atomic mass is 35.5. The van der Waals surface area contributed by atoms with Crippen LogP contribution in [0, 0.1) is 5.82 Å². The molecule has 0 heterocycles. The Balaban J connectivity index is 2.40. The zero-order valence-corrected chi connectivity index (χ0v) is 11.6. The first kappa shape index (κ1) is 14.9. The van der Waals surface area contributed by atoms with E-state index in [1.807, 2.05) is 20.8 Å². The van der Waals surface area contributed by atoms with Crippen LogP contribution in [0.25, 0.3) is 0 Å². The third kappa shape index (κ3) is 5.47. The first-order valence-electron chi connectivity index (χ1n) is 5.73. The Morgan fingerprint density at radius 3 is 2.61 bits per heavy atom. The van der Waals surface area contributed by atoms with E-state index >= 15 is 0 Å². The quantitative estimate of drug-likeness (QED) is 0.884. The lowest BCUT2D eigenvalue weighted by atomic mass is 10.1. The number of amides is 1. The van der Waals surface area contributed by atoms with Gasteiger partial charge in [0, 0.05) is 12.1 Å². The summed E-state index contributed by atoms with van der Waals surface area (Å²) in [6.45, 7) is 6.54. The maximum absolute atomic E-state index is 12.9. The Labute approximate surface area is 112 Å². The van der Waals surface area contributed by atoms with E-state index < -0.39 is 5.82 Å². The molecule has 1 rings (SSSR count). The lowest BCUT2D eigenvalue weighted by Gasteiger charge is -2.20. The highest BCUT2D eigenvalue weighted by molar-refractivity contribution is 6.30. The van der Waals surface area contributed by atoms with Crippen LogP contribution in [0.5, 0.6) is 0 Å². The molecule has 1 aromatic carbocycles. The molecule has 0 aliphatic rings. The Hall–Kier alpha value is -1.13. The van der Waals surface area contributed by atoms with E-state index in [1.165, 1.54) is 12.1 Å². The van der Waals surface area contributed by atoms with Crippen LogP contribution in [-0.4, -0.2) is 18.0 Å². The Morgan fingerprint density at radius 2 is 2.06 bits per heavy atom. The van der Waals surface area contributed by atoms with Gasteiger partial charge in [-0.25, -0.2) is 4.39 Å². The summed E-state index contributed by atoms with van der Waals surface area (Å²) < 4.78 is 12.9. The fraction of sp³-hybridized carbons (Fsp3) is 0.462. The summed E-state index contributed by atoms with van der Waals surface area (Å²) in [5.41, 5.74) is 0.668. The maximum atomic E-state index is 12.9. The first-order valence-corrected chi connectivity index (χ1v) is 6.11. The molecule has 0 saturated heterocycles. The number of hydrogen-bond donors (Lipinski definition) is 2. The van der Waals surface area contributed by atoms with E-state index in [-0.39, 0.29) is 23.0 Å². The second kappa shape index (κ2) is 6.16. The van der Waals surface area contributed by atoms with Crippen LogP contribution >= 0.6 is 11.6 Å². The smallest absolute Gasteiger partial charge is 0.234 e. The number of carbonyl (C=O) groups is 1. The van der Waals surface area contributed by atoms with Gasteiger partial charge in [-0.15, -0.1) is 0 Å². The van der Waals surface area contributed by atoms with Gasteiger partial charge in [-0.2, -0.15) is 0 Å². The first-order chi connectivity index (χ1) is 8.28. The summed E-state index contributed by atoms with van der Waals surface area (Å²) >= 11 is 5.65. The average molecular weight is 273 g/mol. The molecule has 0 saturated carbocycles. The van der Waals surface area contributed by atoms with Crippen LogP contribution in [0.1, 0.15) is 26.3 Å². The zero-order chi connectivity index (χ0) is 13.8. The number of carbonyl (C=O) groups excluding carboxylic acids is 1. The van der Waals surface area contributed by atoms with Gasteiger partial charge in [0.05, 0.1) is 11.6 Å². The molecule has 0 aromatic heterocycles. The second-order valence-electron chi connectivity index (χ2n) is 5.13. The molecule has 0 fully saturated rings. The molecule has 0 spiro atoms. The number of hydrogen-bond acceptors (Lipinski definition) is 2. The Morgan fingerprint density at radius 1 is 1.39 bits per heavy atom. The van der Waals surface area contributed by atoms with Crippen molar-refractivity contribution < 1.29 is 9.18 Å². The molecular formula is C13H18ClFN2O. The van der Waals surface area contributed by atoms with Gasteiger partial charge >= 0.3 is 0 Å². The van der Waals surface area contributed by atoms with Crippen molar-refractivity contribution in [2.75, 3.05) is 6.54 Å². The summed E-state index contributed by atoms with van der Waals surface area (Å²) in [5, 5.41) is 5.88. The van der Waals surface area contributed by atoms with Crippen molar-refractivity contribution in [2.24, 2.45) is 0 Å². The van der Waals surface area contributed by atoms with Gasteiger partial charge in [0.1, 0.15) is 5.82 Å². The third-order valence-electron chi connectivity index (χ3n) is 2.25. The molecule has 5 heteroatoms. The predicted octanol–water partition coefficient (Wildman–Crippen LogP) is 2.48. The predicted molar refractivity (Wildman–Crippen MR) is 71.0 cm³/mol. The van der Waals surface area contributed by atoms with Gasteiger partial charge in [-0.05, 0) is 38.5 Å². The van der Waals surface area contributed by atoms with Crippen LogP contribution in [0.3, 0.4) is 0 Å². The summed E-state index contributed by atoms with van der Waals surface area (Å²) in [6.07, 6.45) is 0. The molecule has 0 aliphatic heterocycles. The molecule has 1 amide bonds. The number of nitrogens with one attached hydrogen (secondary N) is 2. The maximum Gasteiger partial charge on any atom is 0.234 e. The molecule has 2 N–H and O–H groups in total. The molecular weight excluding hydrogens is 255 g/mol. The molecule has 0 radical (unpaired) electrons. The molecule has 1 aromatic rings. The topological polar surface area (TPSA) is 41.1 Å². The van der Waals surface area contributed by atoms with Crippen molar-refractivity contribution in [3.8, 4) is 0 Å². The second-order valence-corrected chi connectivity index (χ2v) is 5.54. The average Bonchev–Trinajstić information content (AvgIpc) is 2.27. The van der Waals surface area contributed by atoms with E-state index in [0.29, 0.717) is 6.54 Å². The largest absolute Gasteiger partial charge is 0.351 e. The van der Waals surface area contributed by atoms with Crippen molar-refractivity contribution in [1.82, 2.24) is 10.6 Å². The molecule has 0 bridgehead atoms. The van der Waals surface area contributed by atoms with Crippen molar-refractivity contribution in [3.63, 3.8) is 0 Å². The van der Waals surface area contributed by atoms with E-state index in [9.17, 15) is 9.18 Å². The van der Waals surface area contributed by atoms with Gasteiger partial charge < -0.3 is 10.6 Å². The third-order valence-corrected chi connectivity index (χ3v) is 2.54. The van der Waals surface area contributed by atoms with Crippen molar-refractivity contribution in [1.29, 1.82) is 0 Å². The fourth-order valence-corrected chi connectivity index (χ4v) is 1.46. The molecule has 0 aliphatic carbocycles. The molecule has 3 nitrogen and oxygen atoms in total. The summed E-state index contributed by atoms with van der Waals surface area (Å²) in [7, 11) is 0. The van der Waals surface area contributed by atoms with Gasteiger partial charge in [0.15, 0.2) is 0 Å². The number of rotatable bonds is 4. The highest BCUT2D eigenvalue weighted by Crippen LogP contribution is 2.15. The molecule has 0 atom stereocenters. The standard InChI is InChI=1S/C13H18ClFN2O/c1-13(2,3)17-8-12(18)16-7-9-4-5-11(15)10(14)6-9/h4-6,17H,7-8H2,1-3H3,(H,16,18). The lowest BCUT2D eigenvalue weighted by Crippen LogP contribution is -2.43. The van der Waals surface area contributed by atoms with E-state index in [4.69, 9.17) is 11.6 Å². The zero-order valence-electron chi connectivity index (χ0n) is 10.8. The molecule has 0 unspecified atom stereocenters. The normalized spacial score (nSPS) is 11.4. The lowest BCUT2D eigenvalue weighted by molar-refractivity contribution is -0.120. The van der Waals surface area contributed by atoms with E-state index in [0.717, 1.165) is 5.56 Å². The van der Waals surface area contributed by atoms with Gasteiger partial charge in [-0.3, -0.25) is 4.79 Å². The van der Waals surface area contributed by atoms with Crippen LogP contribution in [-0.2, 0) is 11.3 Å². The van der Waals surface area contributed by atoms with Crippen molar-refractivity contribution in [2.45, 2.75) is 32.9 Å². The number of benzene rings is 1. The Bertz CT molecular complexity index is 429. The van der Waals surface area contributed by atoms with Crippen molar-refractivity contribution >= 4 is 17.5 Å². The van der Waals surface area contributed by atoms with Crippen LogP contribution < -0.4 is 10.6 Å². The molecule has 100 valence electrons. The minimum absolute atomic E-state index is 0.0644. The van der Waals surface area contributed by atoms with Gasteiger partial charge in [-0.1, -0.05) is 17.7 Å². The van der Waals surface area contributed by atoms with Crippen LogP contribution in [0.2, 0.25) is 5.02 Å². The summed E-state index contributed by atoms with van der Waals surface area (Å²) in [6, 6.07) is 4.39. The van der Waals surface area contributed by atoms with Gasteiger partial charge in [0.2, 0.25) is 5.91 Å². The summed E-state index contributed by atoms with van der Waals surface area (Å²) in [5.74, 6) is -0.563. The SMILES string of the molecule is CC(C)(C)NCC(=O)NCc1ccc(F)c(Cl)c1. The van der Waals surface area contributed by atoms with E-state index in [2.05, 4.69) is 10.6 Å².